The molecule has 3 aliphatic carbocycles. The van der Waals surface area contributed by atoms with Gasteiger partial charge in [-0.25, -0.2) is 0 Å². The van der Waals surface area contributed by atoms with Crippen molar-refractivity contribution in [1.29, 1.82) is 0 Å². The van der Waals surface area contributed by atoms with Crippen LogP contribution in [0.5, 0.6) is 0 Å². The number of fused-ring (bicyclic) bond motifs is 5. The molecule has 1 aliphatic heterocycles. The van der Waals surface area contributed by atoms with Crippen LogP contribution < -0.4 is 0 Å². The lowest BCUT2D eigenvalue weighted by molar-refractivity contribution is -0.156. The molecule has 4 rings (SSSR count). The van der Waals surface area contributed by atoms with Crippen molar-refractivity contribution in [3.8, 4) is 0 Å². The first kappa shape index (κ1) is 16.0. The van der Waals surface area contributed by atoms with E-state index in [0.717, 1.165) is 30.6 Å². The molecule has 4 aliphatic rings. The Morgan fingerprint density at radius 3 is 2.61 bits per heavy atom. The molecule has 0 radical (unpaired) electrons. The summed E-state index contributed by atoms with van der Waals surface area (Å²) < 4.78 is 0. The fraction of sp³-hybridized carbons (Fsp3) is 0.850. The maximum atomic E-state index is 12.2. The minimum Gasteiger partial charge on any atom is -0.342 e. The number of hydrogen-bond donors (Lipinski definition) is 0. The quantitative estimate of drug-likeness (QED) is 0.612. The Hall–Kier alpha value is -0.500. The third-order valence-corrected chi connectivity index (χ3v) is 8.80. The number of hydrogen-bond acceptors (Lipinski definition) is 1. The molecule has 0 bridgehead atoms. The summed E-state index contributed by atoms with van der Waals surface area (Å²) in [5.41, 5.74) is 4.08. The van der Waals surface area contributed by atoms with Crippen LogP contribution in [-0.2, 0) is 4.79 Å². The van der Waals surface area contributed by atoms with Crippen molar-refractivity contribution in [2.24, 2.45) is 28.6 Å². The number of carbonyl (C=O) groups excluding carboxylic acids is 1. The summed E-state index contributed by atoms with van der Waals surface area (Å²) in [6, 6.07) is 0.471. The van der Waals surface area contributed by atoms with Gasteiger partial charge in [0.2, 0.25) is 5.91 Å². The summed E-state index contributed by atoms with van der Waals surface area (Å²) in [6.45, 7) is 4.97. The topological polar surface area (TPSA) is 20.3 Å². The van der Waals surface area contributed by atoms with E-state index in [0.29, 0.717) is 22.8 Å². The highest BCUT2D eigenvalue weighted by atomic mass is 35.5. The van der Waals surface area contributed by atoms with E-state index < -0.39 is 0 Å². The van der Waals surface area contributed by atoms with Crippen molar-refractivity contribution in [2.45, 2.75) is 71.3 Å². The normalized spacial score (nSPS) is 51.4. The van der Waals surface area contributed by atoms with Crippen LogP contribution in [0.2, 0.25) is 0 Å². The van der Waals surface area contributed by atoms with Crippen molar-refractivity contribution in [3.05, 3.63) is 11.1 Å². The van der Waals surface area contributed by atoms with Crippen LogP contribution in [0.15, 0.2) is 11.1 Å². The van der Waals surface area contributed by atoms with Crippen LogP contribution in [-0.4, -0.2) is 23.9 Å². The average molecular weight is 336 g/mol. The van der Waals surface area contributed by atoms with Crippen molar-refractivity contribution in [3.63, 3.8) is 0 Å². The molecule has 23 heavy (non-hydrogen) atoms. The van der Waals surface area contributed by atoms with Gasteiger partial charge in [0.15, 0.2) is 0 Å². The highest BCUT2D eigenvalue weighted by molar-refractivity contribution is 6.25. The molecule has 4 fully saturated rings. The maximum Gasteiger partial charge on any atom is 0.222 e. The fourth-order valence-corrected chi connectivity index (χ4v) is 7.54. The van der Waals surface area contributed by atoms with Crippen LogP contribution in [0, 0.1) is 28.6 Å². The molecular formula is C20H30ClNO. The van der Waals surface area contributed by atoms with Gasteiger partial charge in [-0.2, -0.15) is 0 Å². The molecule has 0 aromatic heterocycles. The molecule has 0 aromatic rings. The van der Waals surface area contributed by atoms with Gasteiger partial charge in [0, 0.05) is 25.0 Å². The van der Waals surface area contributed by atoms with E-state index in [1.807, 2.05) is 12.6 Å². The predicted molar refractivity (Wildman–Crippen MR) is 94.1 cm³/mol. The van der Waals surface area contributed by atoms with Crippen LogP contribution in [0.3, 0.4) is 0 Å². The van der Waals surface area contributed by atoms with Gasteiger partial charge in [-0.15, -0.1) is 0 Å². The van der Waals surface area contributed by atoms with Gasteiger partial charge in [0.05, 0.1) is 0 Å². The lowest BCUT2D eigenvalue weighted by Crippen LogP contribution is -2.61. The second kappa shape index (κ2) is 5.25. The number of piperidine rings is 1. The first-order valence-corrected chi connectivity index (χ1v) is 9.91. The average Bonchev–Trinajstić information content (AvgIpc) is 2.88. The number of amides is 1. The number of halogens is 1. The Labute approximate surface area is 145 Å². The summed E-state index contributed by atoms with van der Waals surface area (Å²) in [6.07, 6.45) is 9.49. The second-order valence-corrected chi connectivity index (χ2v) is 9.33. The summed E-state index contributed by atoms with van der Waals surface area (Å²) in [7, 11) is 2.04. The van der Waals surface area contributed by atoms with Gasteiger partial charge in [0.1, 0.15) is 0 Å². The van der Waals surface area contributed by atoms with E-state index >= 15 is 0 Å². The van der Waals surface area contributed by atoms with Gasteiger partial charge in [-0.1, -0.05) is 31.0 Å². The molecule has 6 atom stereocenters. The molecular weight excluding hydrogens is 306 g/mol. The lowest BCUT2D eigenvalue weighted by atomic mass is 9.47. The van der Waals surface area contributed by atoms with Gasteiger partial charge in [-0.05, 0) is 73.5 Å². The van der Waals surface area contributed by atoms with E-state index in [1.165, 1.54) is 44.1 Å². The van der Waals surface area contributed by atoms with Gasteiger partial charge in [-0.3, -0.25) is 4.79 Å². The standard InChI is InChI=1S/C20H30ClNO/c1-19-10-8-16-14(15(19)6-4-13(19)12-21)5-7-17-20(16,2)11-9-18(23)22(17)3/h12,14-17H,4-11H2,1-3H3/b13-12-/t14-,15-,16+,17?,19+,20+/m0/s1. The zero-order valence-electron chi connectivity index (χ0n) is 14.8. The van der Waals surface area contributed by atoms with Crippen LogP contribution in [0.1, 0.15) is 65.2 Å². The molecule has 2 nitrogen and oxygen atoms in total. The highest BCUT2D eigenvalue weighted by Gasteiger charge is 2.59. The number of likely N-dealkylation sites (tertiary alicyclic amines) is 1. The first-order valence-electron chi connectivity index (χ1n) is 9.47. The minimum absolute atomic E-state index is 0.334. The van der Waals surface area contributed by atoms with Gasteiger partial charge >= 0.3 is 0 Å². The van der Waals surface area contributed by atoms with E-state index in [1.54, 1.807) is 0 Å². The maximum absolute atomic E-state index is 12.2. The van der Waals surface area contributed by atoms with E-state index in [-0.39, 0.29) is 0 Å². The smallest absolute Gasteiger partial charge is 0.222 e. The van der Waals surface area contributed by atoms with Crippen molar-refractivity contribution in [2.75, 3.05) is 7.05 Å². The number of nitrogens with zero attached hydrogens (tertiary/aromatic N) is 1. The Morgan fingerprint density at radius 1 is 1.09 bits per heavy atom. The Kier molecular flexibility index (Phi) is 3.65. The molecule has 1 unspecified atom stereocenters. The molecule has 3 heteroatoms. The summed E-state index contributed by atoms with van der Waals surface area (Å²) in [4.78, 5) is 14.3. The van der Waals surface area contributed by atoms with E-state index in [9.17, 15) is 4.79 Å². The number of allylic oxidation sites excluding steroid dienone is 1. The molecule has 3 saturated carbocycles. The SMILES string of the molecule is CN1C(=O)CC[C@@]2(C)C1CC[C@@H]1[C@H]2CC[C@]2(C)/C(=C\Cl)CC[C@@H]12. The first-order chi connectivity index (χ1) is 10.9. The van der Waals surface area contributed by atoms with E-state index in [2.05, 4.69) is 18.7 Å². The molecule has 0 N–H and O–H groups in total. The molecule has 1 saturated heterocycles. The van der Waals surface area contributed by atoms with Crippen LogP contribution >= 0.6 is 11.6 Å². The van der Waals surface area contributed by atoms with Crippen LogP contribution in [0.4, 0.5) is 0 Å². The van der Waals surface area contributed by atoms with Crippen LogP contribution in [0.25, 0.3) is 0 Å². The fourth-order valence-electron chi connectivity index (χ4n) is 7.18. The molecule has 0 spiro atoms. The number of rotatable bonds is 0. The summed E-state index contributed by atoms with van der Waals surface area (Å²) in [5, 5.41) is 0. The molecule has 128 valence electrons. The largest absolute Gasteiger partial charge is 0.342 e. The second-order valence-electron chi connectivity index (χ2n) is 9.11. The Morgan fingerprint density at radius 2 is 1.87 bits per heavy atom. The predicted octanol–water partition coefficient (Wildman–Crippen LogP) is 4.97. The zero-order chi connectivity index (χ0) is 16.4. The highest BCUT2D eigenvalue weighted by Crippen LogP contribution is 2.66. The molecule has 1 amide bonds. The van der Waals surface area contributed by atoms with Crippen molar-refractivity contribution >= 4 is 17.5 Å². The van der Waals surface area contributed by atoms with Crippen molar-refractivity contribution < 1.29 is 4.79 Å². The zero-order valence-corrected chi connectivity index (χ0v) is 15.5. The van der Waals surface area contributed by atoms with Crippen molar-refractivity contribution in [1.82, 2.24) is 4.90 Å². The number of carbonyl (C=O) groups is 1. The minimum atomic E-state index is 0.334. The van der Waals surface area contributed by atoms with E-state index in [4.69, 9.17) is 11.6 Å². The summed E-state index contributed by atoms with van der Waals surface area (Å²) in [5.74, 6) is 2.81. The van der Waals surface area contributed by atoms with Gasteiger partial charge in [0.25, 0.3) is 0 Å². The molecule has 0 aromatic carbocycles. The Bertz CT molecular complexity index is 558. The van der Waals surface area contributed by atoms with Gasteiger partial charge < -0.3 is 4.90 Å². The summed E-state index contributed by atoms with van der Waals surface area (Å²) >= 11 is 6.16. The monoisotopic (exact) mass is 335 g/mol. The molecule has 1 heterocycles. The Balaban J connectivity index is 1.66. The lowest BCUT2D eigenvalue weighted by Gasteiger charge is -2.61. The third-order valence-electron chi connectivity index (χ3n) is 8.54. The third kappa shape index (κ3) is 2.03.